The van der Waals surface area contributed by atoms with Crippen molar-refractivity contribution in [3.05, 3.63) is 0 Å². The van der Waals surface area contributed by atoms with E-state index in [1.807, 2.05) is 6.26 Å². The lowest BCUT2D eigenvalue weighted by Crippen LogP contribution is -2.37. The predicted octanol–water partition coefficient (Wildman–Crippen LogP) is 2.14. The Hall–Kier alpha value is -0.590. The number of hydrogen-bond donors (Lipinski definition) is 0. The molecule has 1 fully saturated rings. The van der Waals surface area contributed by atoms with E-state index in [-0.39, 0.29) is 17.7 Å². The fourth-order valence-electron chi connectivity index (χ4n) is 1.76. The van der Waals surface area contributed by atoms with Gasteiger partial charge in [0.15, 0.2) is 6.29 Å². The van der Waals surface area contributed by atoms with Gasteiger partial charge in [0.1, 0.15) is 6.04 Å². The minimum absolute atomic E-state index is 0.0700. The van der Waals surface area contributed by atoms with Gasteiger partial charge in [-0.1, -0.05) is 13.8 Å². The molecule has 0 saturated carbocycles. The Bertz CT molecular complexity index is 323. The van der Waals surface area contributed by atoms with Crippen molar-refractivity contribution < 1.29 is 19.0 Å². The first-order chi connectivity index (χ1) is 9.48. The van der Waals surface area contributed by atoms with E-state index in [1.54, 1.807) is 18.0 Å². The molecule has 0 radical (unpaired) electrons. The maximum absolute atomic E-state index is 11.6. The average molecular weight is 303 g/mol. The summed E-state index contributed by atoms with van der Waals surface area (Å²) < 4.78 is 16.0. The third-order valence-corrected chi connectivity index (χ3v) is 3.62. The topological polar surface area (TPSA) is 57.1 Å². The van der Waals surface area contributed by atoms with Gasteiger partial charge in [-0.15, -0.1) is 0 Å². The largest absolute Gasteiger partial charge is 0.467 e. The van der Waals surface area contributed by atoms with Crippen LogP contribution in [0.25, 0.3) is 0 Å². The standard InChI is InChI=1S/C14H25NO4S/c1-14(2)9-18-12(19-10-14)5-7-15-11(6-8-20-4)13(16)17-3/h7,11-12H,5-6,8-10H2,1-4H3/t11-/m0/s1. The van der Waals surface area contributed by atoms with Crippen LogP contribution in [0.4, 0.5) is 0 Å². The summed E-state index contributed by atoms with van der Waals surface area (Å²) in [4.78, 5) is 15.9. The fourth-order valence-corrected chi connectivity index (χ4v) is 2.21. The Kier molecular flexibility index (Phi) is 7.55. The van der Waals surface area contributed by atoms with E-state index in [9.17, 15) is 4.79 Å². The van der Waals surface area contributed by atoms with Gasteiger partial charge in [0.05, 0.1) is 20.3 Å². The molecule has 1 atom stereocenters. The van der Waals surface area contributed by atoms with Gasteiger partial charge in [0.2, 0.25) is 0 Å². The molecule has 116 valence electrons. The van der Waals surface area contributed by atoms with Crippen LogP contribution in [0, 0.1) is 5.41 Å². The average Bonchev–Trinajstić information content (AvgIpc) is 2.43. The number of nitrogens with zero attached hydrogens (tertiary/aromatic N) is 1. The van der Waals surface area contributed by atoms with E-state index in [2.05, 4.69) is 18.8 Å². The van der Waals surface area contributed by atoms with Crippen LogP contribution in [0.5, 0.6) is 0 Å². The number of esters is 1. The van der Waals surface area contributed by atoms with Crippen molar-refractivity contribution in [1.82, 2.24) is 0 Å². The monoisotopic (exact) mass is 303 g/mol. The van der Waals surface area contributed by atoms with E-state index < -0.39 is 6.04 Å². The van der Waals surface area contributed by atoms with Crippen molar-refractivity contribution in [2.24, 2.45) is 10.4 Å². The molecule has 0 aromatic rings. The molecule has 1 aliphatic heterocycles. The zero-order valence-electron chi connectivity index (χ0n) is 12.8. The molecule has 1 aliphatic rings. The van der Waals surface area contributed by atoms with Crippen molar-refractivity contribution in [1.29, 1.82) is 0 Å². The minimum atomic E-state index is -0.424. The summed E-state index contributed by atoms with van der Waals surface area (Å²) in [5.74, 6) is 0.587. The van der Waals surface area contributed by atoms with Crippen molar-refractivity contribution in [3.63, 3.8) is 0 Å². The number of carbonyl (C=O) groups excluding carboxylic acids is 1. The number of hydrogen-bond acceptors (Lipinski definition) is 6. The Morgan fingerprint density at radius 2 is 2.15 bits per heavy atom. The van der Waals surface area contributed by atoms with Crippen LogP contribution in [0.1, 0.15) is 26.7 Å². The SMILES string of the molecule is COC(=O)[C@H](CCSC)N=CCC1OCC(C)(C)CO1. The van der Waals surface area contributed by atoms with Gasteiger partial charge in [-0.2, -0.15) is 11.8 Å². The summed E-state index contributed by atoms with van der Waals surface area (Å²) in [7, 11) is 1.39. The molecule has 6 heteroatoms. The minimum Gasteiger partial charge on any atom is -0.467 e. The first-order valence-corrected chi connectivity index (χ1v) is 8.19. The van der Waals surface area contributed by atoms with Crippen LogP contribution in [0.15, 0.2) is 4.99 Å². The van der Waals surface area contributed by atoms with Gasteiger partial charge in [-0.05, 0) is 18.4 Å². The summed E-state index contributed by atoms with van der Waals surface area (Å²) in [5.41, 5.74) is 0.0700. The molecule has 0 spiro atoms. The molecule has 1 heterocycles. The summed E-state index contributed by atoms with van der Waals surface area (Å²) in [6.45, 7) is 5.57. The van der Waals surface area contributed by atoms with Gasteiger partial charge >= 0.3 is 5.97 Å². The van der Waals surface area contributed by atoms with Gasteiger partial charge in [0.25, 0.3) is 0 Å². The van der Waals surface area contributed by atoms with Crippen molar-refractivity contribution in [3.8, 4) is 0 Å². The first-order valence-electron chi connectivity index (χ1n) is 6.80. The lowest BCUT2D eigenvalue weighted by molar-refractivity contribution is -0.217. The molecule has 0 amide bonds. The normalized spacial score (nSPS) is 21.0. The molecule has 0 aromatic heterocycles. The summed E-state index contributed by atoms with van der Waals surface area (Å²) in [6.07, 6.45) is 4.70. The molecule has 1 saturated heterocycles. The van der Waals surface area contributed by atoms with Crippen molar-refractivity contribution in [2.45, 2.75) is 39.0 Å². The highest BCUT2D eigenvalue weighted by Gasteiger charge is 2.27. The molecule has 0 N–H and O–H groups in total. The van der Waals surface area contributed by atoms with Gasteiger partial charge < -0.3 is 14.2 Å². The maximum Gasteiger partial charge on any atom is 0.330 e. The molecule has 5 nitrogen and oxygen atoms in total. The highest BCUT2D eigenvalue weighted by molar-refractivity contribution is 7.98. The molecular formula is C14H25NO4S. The molecule has 0 aliphatic carbocycles. The zero-order chi connectivity index (χ0) is 15.0. The second-order valence-electron chi connectivity index (χ2n) is 5.60. The van der Waals surface area contributed by atoms with Crippen LogP contribution in [-0.2, 0) is 19.0 Å². The number of aliphatic imine (C=N–C) groups is 1. The highest BCUT2D eigenvalue weighted by Crippen LogP contribution is 2.23. The van der Waals surface area contributed by atoms with E-state index in [0.717, 1.165) is 5.75 Å². The number of methoxy groups -OCH3 is 1. The predicted molar refractivity (Wildman–Crippen MR) is 81.4 cm³/mol. The van der Waals surface area contributed by atoms with Crippen LogP contribution in [0.3, 0.4) is 0 Å². The quantitative estimate of drug-likeness (QED) is 0.533. The second kappa shape index (κ2) is 8.64. The third-order valence-electron chi connectivity index (χ3n) is 2.97. The van der Waals surface area contributed by atoms with E-state index in [4.69, 9.17) is 14.2 Å². The molecule has 0 bridgehead atoms. The summed E-state index contributed by atoms with van der Waals surface area (Å²) in [6, 6.07) is -0.424. The Morgan fingerprint density at radius 3 is 2.70 bits per heavy atom. The van der Waals surface area contributed by atoms with Crippen LogP contribution >= 0.6 is 11.8 Å². The first kappa shape index (κ1) is 17.5. The van der Waals surface area contributed by atoms with E-state index in [1.165, 1.54) is 7.11 Å². The molecular weight excluding hydrogens is 278 g/mol. The molecule has 0 aromatic carbocycles. The summed E-state index contributed by atoms with van der Waals surface area (Å²) in [5, 5.41) is 0. The van der Waals surface area contributed by atoms with Gasteiger partial charge in [-0.3, -0.25) is 4.99 Å². The number of ether oxygens (including phenoxy) is 3. The zero-order valence-corrected chi connectivity index (χ0v) is 13.6. The van der Waals surface area contributed by atoms with Crippen LogP contribution < -0.4 is 0 Å². The lowest BCUT2D eigenvalue weighted by Gasteiger charge is -2.34. The number of carbonyl (C=O) groups is 1. The van der Waals surface area contributed by atoms with E-state index >= 15 is 0 Å². The number of rotatable bonds is 7. The maximum atomic E-state index is 11.6. The Balaban J connectivity index is 2.38. The summed E-state index contributed by atoms with van der Waals surface area (Å²) >= 11 is 1.69. The Morgan fingerprint density at radius 1 is 1.50 bits per heavy atom. The highest BCUT2D eigenvalue weighted by atomic mass is 32.2. The van der Waals surface area contributed by atoms with Gasteiger partial charge in [0, 0.05) is 18.1 Å². The van der Waals surface area contributed by atoms with E-state index in [0.29, 0.717) is 26.1 Å². The smallest absolute Gasteiger partial charge is 0.330 e. The fraction of sp³-hybridized carbons (Fsp3) is 0.857. The lowest BCUT2D eigenvalue weighted by atomic mass is 9.95. The van der Waals surface area contributed by atoms with Crippen molar-refractivity contribution in [2.75, 3.05) is 32.3 Å². The second-order valence-corrected chi connectivity index (χ2v) is 6.59. The van der Waals surface area contributed by atoms with Crippen molar-refractivity contribution >= 4 is 23.9 Å². The molecule has 0 unspecified atom stereocenters. The molecule has 20 heavy (non-hydrogen) atoms. The Labute approximate surface area is 125 Å². The number of thioether (sulfide) groups is 1. The molecule has 1 rings (SSSR count). The third kappa shape index (κ3) is 6.24. The van der Waals surface area contributed by atoms with Crippen LogP contribution in [0.2, 0.25) is 0 Å². The van der Waals surface area contributed by atoms with Crippen LogP contribution in [-0.4, -0.2) is 56.8 Å². The van der Waals surface area contributed by atoms with Gasteiger partial charge in [-0.25, -0.2) is 4.79 Å².